The van der Waals surface area contributed by atoms with Gasteiger partial charge in [-0.1, -0.05) is 6.92 Å². The Morgan fingerprint density at radius 2 is 2.10 bits per heavy atom. The summed E-state index contributed by atoms with van der Waals surface area (Å²) >= 11 is 0. The van der Waals surface area contributed by atoms with E-state index in [0.717, 1.165) is 4.31 Å². The summed E-state index contributed by atoms with van der Waals surface area (Å²) in [6, 6.07) is 0. The van der Waals surface area contributed by atoms with Crippen LogP contribution in [0.2, 0.25) is 0 Å². The number of aryl methyl sites for hydroxylation is 1. The van der Waals surface area contributed by atoms with Crippen LogP contribution in [0, 0.1) is 0 Å². The fraction of sp³-hybridized carbons (Fsp3) is 0.667. The minimum absolute atomic E-state index is 0.0148. The number of rotatable bonds is 8. The fourth-order valence-electron chi connectivity index (χ4n) is 1.76. The second-order valence-electron chi connectivity index (χ2n) is 5.33. The molecule has 0 aromatic carbocycles. The Morgan fingerprint density at radius 3 is 2.57 bits per heavy atom. The number of nitrogens with zero attached hydrogens (tertiary/aromatic N) is 3. The highest BCUT2D eigenvalue weighted by molar-refractivity contribution is 7.89. The summed E-state index contributed by atoms with van der Waals surface area (Å²) in [4.78, 5) is 10.5. The maximum atomic E-state index is 12.4. The zero-order chi connectivity index (χ0) is 16.3. The highest BCUT2D eigenvalue weighted by Crippen LogP contribution is 2.17. The third kappa shape index (κ3) is 5.10. The Bertz CT molecular complexity index is 588. The Morgan fingerprint density at radius 1 is 1.48 bits per heavy atom. The van der Waals surface area contributed by atoms with E-state index in [0.29, 0.717) is 0 Å². The van der Waals surface area contributed by atoms with Crippen molar-refractivity contribution < 1.29 is 23.4 Å². The Hall–Kier alpha value is -1.45. The molecule has 1 aromatic heterocycles. The van der Waals surface area contributed by atoms with E-state index in [1.807, 2.05) is 0 Å². The lowest BCUT2D eigenvalue weighted by Gasteiger charge is -2.26. The second-order valence-corrected chi connectivity index (χ2v) is 7.26. The van der Waals surface area contributed by atoms with E-state index in [-0.39, 0.29) is 31.0 Å². The third-order valence-corrected chi connectivity index (χ3v) is 4.59. The van der Waals surface area contributed by atoms with Crippen molar-refractivity contribution in [3.63, 3.8) is 0 Å². The summed E-state index contributed by atoms with van der Waals surface area (Å²) < 4.78 is 27.3. The summed E-state index contributed by atoms with van der Waals surface area (Å²) in [7, 11) is -3.76. The zero-order valence-electron chi connectivity index (χ0n) is 12.4. The quantitative estimate of drug-likeness (QED) is 0.704. The number of aliphatic carboxylic acids is 1. The van der Waals surface area contributed by atoms with Gasteiger partial charge < -0.3 is 10.2 Å². The maximum absolute atomic E-state index is 12.4. The fourth-order valence-corrected chi connectivity index (χ4v) is 3.32. The molecule has 1 aromatic rings. The molecule has 0 spiro atoms. The summed E-state index contributed by atoms with van der Waals surface area (Å²) in [6.07, 6.45) is 2.35. The molecule has 1 rings (SSSR count). The number of carbonyl (C=O) groups is 1. The number of sulfonamides is 1. The first-order valence-electron chi connectivity index (χ1n) is 6.53. The van der Waals surface area contributed by atoms with Gasteiger partial charge in [-0.2, -0.15) is 9.40 Å². The van der Waals surface area contributed by atoms with E-state index >= 15 is 0 Å². The van der Waals surface area contributed by atoms with Crippen LogP contribution < -0.4 is 0 Å². The van der Waals surface area contributed by atoms with E-state index in [1.165, 1.54) is 30.9 Å². The van der Waals surface area contributed by atoms with E-state index in [1.54, 1.807) is 6.92 Å². The van der Waals surface area contributed by atoms with Gasteiger partial charge in [-0.25, -0.2) is 8.42 Å². The van der Waals surface area contributed by atoms with Crippen LogP contribution in [0.15, 0.2) is 17.3 Å². The van der Waals surface area contributed by atoms with Crippen molar-refractivity contribution in [1.82, 2.24) is 14.1 Å². The molecule has 0 atom stereocenters. The first-order chi connectivity index (χ1) is 9.56. The zero-order valence-corrected chi connectivity index (χ0v) is 13.2. The second kappa shape index (κ2) is 6.54. The van der Waals surface area contributed by atoms with Crippen LogP contribution in [-0.4, -0.2) is 57.4 Å². The molecule has 0 amide bonds. The van der Waals surface area contributed by atoms with Crippen molar-refractivity contribution in [2.45, 2.75) is 44.2 Å². The molecule has 9 heteroatoms. The summed E-state index contributed by atoms with van der Waals surface area (Å²) in [5.74, 6) is -0.980. The van der Waals surface area contributed by atoms with Crippen molar-refractivity contribution in [3.8, 4) is 0 Å². The predicted molar refractivity (Wildman–Crippen MR) is 75.2 cm³/mol. The van der Waals surface area contributed by atoms with Gasteiger partial charge in [0.1, 0.15) is 4.90 Å². The minimum Gasteiger partial charge on any atom is -0.481 e. The number of hydrogen-bond acceptors (Lipinski definition) is 5. The van der Waals surface area contributed by atoms with Gasteiger partial charge in [0, 0.05) is 19.3 Å². The first kappa shape index (κ1) is 17.6. The summed E-state index contributed by atoms with van der Waals surface area (Å²) in [6.45, 7) is 5.02. The standard InChI is InChI=1S/C12H21N3O5S/c1-4-15(9-12(2,3)18)21(19,20)10-7-13-14(8-10)6-5-11(16)17/h7-8,18H,4-6,9H2,1-3H3,(H,16,17). The maximum Gasteiger partial charge on any atom is 0.305 e. The lowest BCUT2D eigenvalue weighted by Crippen LogP contribution is -2.41. The van der Waals surface area contributed by atoms with Gasteiger partial charge in [0.05, 0.1) is 24.8 Å². The topological polar surface area (TPSA) is 113 Å². The Labute approximate surface area is 124 Å². The highest BCUT2D eigenvalue weighted by Gasteiger charge is 2.29. The van der Waals surface area contributed by atoms with Gasteiger partial charge >= 0.3 is 5.97 Å². The normalized spacial score (nSPS) is 12.8. The van der Waals surface area contributed by atoms with Crippen molar-refractivity contribution in [2.24, 2.45) is 0 Å². The molecule has 1 heterocycles. The molecule has 0 saturated carbocycles. The van der Waals surface area contributed by atoms with Gasteiger partial charge in [0.2, 0.25) is 10.0 Å². The smallest absolute Gasteiger partial charge is 0.305 e. The van der Waals surface area contributed by atoms with Gasteiger partial charge in [-0.05, 0) is 13.8 Å². The number of carboxylic acid groups (broad SMARTS) is 1. The largest absolute Gasteiger partial charge is 0.481 e. The van der Waals surface area contributed by atoms with Gasteiger partial charge in [0.15, 0.2) is 0 Å². The molecular formula is C12H21N3O5S. The molecule has 0 unspecified atom stereocenters. The molecule has 0 aliphatic carbocycles. The van der Waals surface area contributed by atoms with Crippen molar-refractivity contribution in [3.05, 3.63) is 12.4 Å². The number of carboxylic acids is 1. The molecule has 0 aliphatic rings. The third-order valence-electron chi connectivity index (χ3n) is 2.72. The van der Waals surface area contributed by atoms with E-state index in [4.69, 9.17) is 5.11 Å². The lowest BCUT2D eigenvalue weighted by atomic mass is 10.1. The van der Waals surface area contributed by atoms with Crippen LogP contribution in [0.4, 0.5) is 0 Å². The minimum atomic E-state index is -3.76. The molecule has 2 N–H and O–H groups in total. The number of hydrogen-bond donors (Lipinski definition) is 2. The molecule has 0 radical (unpaired) electrons. The molecule has 8 nitrogen and oxygen atoms in total. The number of aliphatic hydroxyl groups is 1. The number of aromatic nitrogens is 2. The van der Waals surface area contributed by atoms with Crippen LogP contribution in [0.5, 0.6) is 0 Å². The SMILES string of the molecule is CCN(CC(C)(C)O)S(=O)(=O)c1cnn(CCC(=O)O)c1. The summed E-state index contributed by atoms with van der Waals surface area (Å²) in [5, 5.41) is 22.2. The Balaban J connectivity index is 2.93. The molecule has 0 bridgehead atoms. The van der Waals surface area contributed by atoms with Crippen LogP contribution in [0.25, 0.3) is 0 Å². The highest BCUT2D eigenvalue weighted by atomic mass is 32.2. The monoisotopic (exact) mass is 319 g/mol. The van der Waals surface area contributed by atoms with Gasteiger partial charge in [-0.15, -0.1) is 0 Å². The molecule has 0 saturated heterocycles. The molecule has 0 aliphatic heterocycles. The average molecular weight is 319 g/mol. The predicted octanol–water partition coefficient (Wildman–Crippen LogP) is 0.139. The van der Waals surface area contributed by atoms with E-state index in [2.05, 4.69) is 5.10 Å². The van der Waals surface area contributed by atoms with Crippen LogP contribution >= 0.6 is 0 Å². The van der Waals surface area contributed by atoms with E-state index in [9.17, 15) is 18.3 Å². The molecule has 0 fully saturated rings. The number of likely N-dealkylation sites (N-methyl/N-ethyl adjacent to an activating group) is 1. The molecule has 21 heavy (non-hydrogen) atoms. The van der Waals surface area contributed by atoms with Crippen molar-refractivity contribution in [1.29, 1.82) is 0 Å². The van der Waals surface area contributed by atoms with Crippen LogP contribution in [0.3, 0.4) is 0 Å². The van der Waals surface area contributed by atoms with Crippen LogP contribution in [-0.2, 0) is 21.4 Å². The van der Waals surface area contributed by atoms with Crippen molar-refractivity contribution >= 4 is 16.0 Å². The van der Waals surface area contributed by atoms with E-state index < -0.39 is 21.6 Å². The lowest BCUT2D eigenvalue weighted by molar-refractivity contribution is -0.137. The first-order valence-corrected chi connectivity index (χ1v) is 7.97. The molecular weight excluding hydrogens is 298 g/mol. The van der Waals surface area contributed by atoms with Gasteiger partial charge in [-0.3, -0.25) is 9.48 Å². The Kier molecular flexibility index (Phi) is 5.48. The van der Waals surface area contributed by atoms with Crippen LogP contribution in [0.1, 0.15) is 27.2 Å². The van der Waals surface area contributed by atoms with Crippen molar-refractivity contribution in [2.75, 3.05) is 13.1 Å². The van der Waals surface area contributed by atoms with Gasteiger partial charge in [0.25, 0.3) is 0 Å². The average Bonchev–Trinajstić information content (AvgIpc) is 2.81. The summed E-state index contributed by atoms with van der Waals surface area (Å²) in [5.41, 5.74) is -1.15. The molecule has 120 valence electrons.